The molecule has 1 saturated carbocycles. The van der Waals surface area contributed by atoms with Crippen LogP contribution in [0.1, 0.15) is 72.1 Å². The molecule has 9 nitrogen and oxygen atoms in total. The Balaban J connectivity index is 1.20. The minimum Gasteiger partial charge on any atom is -0.435 e. The van der Waals surface area contributed by atoms with Gasteiger partial charge in [0.15, 0.2) is 11.9 Å². The normalized spacial score (nSPS) is 46.3. The van der Waals surface area contributed by atoms with Crippen molar-refractivity contribution < 1.29 is 38.3 Å². The smallest absolute Gasteiger partial charge is 0.308 e. The molecule has 5 aliphatic heterocycles. The zero-order chi connectivity index (χ0) is 23.2. The first-order chi connectivity index (χ1) is 15.8. The van der Waals surface area contributed by atoms with Crippen molar-refractivity contribution in [3.63, 3.8) is 0 Å². The first-order valence-electron chi connectivity index (χ1n) is 12.6. The van der Waals surface area contributed by atoms with E-state index < -0.39 is 29.9 Å². The number of nitrogens with one attached hydrogen (secondary N) is 1. The van der Waals surface area contributed by atoms with Crippen molar-refractivity contribution in [2.45, 2.75) is 102 Å². The van der Waals surface area contributed by atoms with Gasteiger partial charge < -0.3 is 24.3 Å². The van der Waals surface area contributed by atoms with Crippen molar-refractivity contribution in [2.75, 3.05) is 13.2 Å². The number of carbonyl (C=O) groups excluding carboxylic acids is 2. The van der Waals surface area contributed by atoms with Gasteiger partial charge in [0.25, 0.3) is 0 Å². The Labute approximate surface area is 195 Å². The van der Waals surface area contributed by atoms with Crippen LogP contribution in [0.15, 0.2) is 0 Å². The molecule has 33 heavy (non-hydrogen) atoms. The summed E-state index contributed by atoms with van der Waals surface area (Å²) in [5.74, 6) is -0.746. The zero-order valence-electron chi connectivity index (χ0n) is 19.9. The standard InChI is InChI=1S/C24H37NO8/c1-14-6-7-18-15(2)21(29-20(27)9-8-19(26)25-13-16-5-4-12-28-16)30-22-24(18)17(14)10-11-23(3,31-22)32-33-24/h14-18,21-22H,4-13H2,1-3H3,(H,25,26)/t14-,15-,16-,17-,18-,21-,22-,23-,24-/m1/s1. The van der Waals surface area contributed by atoms with Gasteiger partial charge in [-0.05, 0) is 50.9 Å². The van der Waals surface area contributed by atoms with E-state index in [1.54, 1.807) is 0 Å². The average Bonchev–Trinajstić information content (AvgIpc) is 3.21. The van der Waals surface area contributed by atoms with Gasteiger partial charge in [-0.2, -0.15) is 0 Å². The maximum absolute atomic E-state index is 12.6. The molecule has 0 aromatic heterocycles. The molecule has 1 N–H and O–H groups in total. The fourth-order valence-corrected chi connectivity index (χ4v) is 6.53. The van der Waals surface area contributed by atoms with Gasteiger partial charge in [0.05, 0.1) is 12.5 Å². The van der Waals surface area contributed by atoms with Crippen LogP contribution in [0.3, 0.4) is 0 Å². The van der Waals surface area contributed by atoms with Gasteiger partial charge in [-0.1, -0.05) is 13.8 Å². The largest absolute Gasteiger partial charge is 0.435 e. The van der Waals surface area contributed by atoms with Gasteiger partial charge in [0.2, 0.25) is 18.0 Å². The molecule has 5 saturated heterocycles. The van der Waals surface area contributed by atoms with Crippen molar-refractivity contribution in [3.8, 4) is 0 Å². The minimum atomic E-state index is -0.867. The Morgan fingerprint density at radius 2 is 1.91 bits per heavy atom. The molecular formula is C24H37NO8. The van der Waals surface area contributed by atoms with Crippen LogP contribution in [-0.4, -0.2) is 55.1 Å². The third-order valence-corrected chi connectivity index (χ3v) is 8.45. The van der Waals surface area contributed by atoms with E-state index in [1.807, 2.05) is 13.8 Å². The van der Waals surface area contributed by atoms with Crippen molar-refractivity contribution >= 4 is 11.9 Å². The summed E-state index contributed by atoms with van der Waals surface area (Å²) in [5.41, 5.74) is -0.682. The molecule has 2 bridgehead atoms. The summed E-state index contributed by atoms with van der Waals surface area (Å²) in [6.45, 7) is 7.40. The highest BCUT2D eigenvalue weighted by atomic mass is 17.3. The van der Waals surface area contributed by atoms with Crippen LogP contribution in [0.4, 0.5) is 0 Å². The number of rotatable bonds is 6. The van der Waals surface area contributed by atoms with Crippen LogP contribution >= 0.6 is 0 Å². The van der Waals surface area contributed by atoms with Crippen LogP contribution in [0.5, 0.6) is 0 Å². The van der Waals surface area contributed by atoms with E-state index in [4.69, 9.17) is 28.7 Å². The number of carbonyl (C=O) groups is 2. The van der Waals surface area contributed by atoms with Gasteiger partial charge in [0, 0.05) is 37.8 Å². The Hall–Kier alpha value is -1.26. The highest BCUT2D eigenvalue weighted by Crippen LogP contribution is 2.60. The van der Waals surface area contributed by atoms with E-state index in [2.05, 4.69) is 12.2 Å². The Kier molecular flexibility index (Phi) is 6.46. The van der Waals surface area contributed by atoms with Crippen LogP contribution in [0.25, 0.3) is 0 Å². The number of ether oxygens (including phenoxy) is 4. The maximum atomic E-state index is 12.6. The molecule has 186 valence electrons. The number of esters is 1. The van der Waals surface area contributed by atoms with Gasteiger partial charge in [-0.3, -0.25) is 9.59 Å². The van der Waals surface area contributed by atoms with Crippen LogP contribution in [0.2, 0.25) is 0 Å². The maximum Gasteiger partial charge on any atom is 0.308 e. The van der Waals surface area contributed by atoms with Crippen molar-refractivity contribution in [1.82, 2.24) is 5.32 Å². The third-order valence-electron chi connectivity index (χ3n) is 8.45. The van der Waals surface area contributed by atoms with E-state index >= 15 is 0 Å². The predicted molar refractivity (Wildman–Crippen MR) is 114 cm³/mol. The molecule has 1 spiro atoms. The van der Waals surface area contributed by atoms with Gasteiger partial charge >= 0.3 is 5.97 Å². The Morgan fingerprint density at radius 3 is 2.70 bits per heavy atom. The summed E-state index contributed by atoms with van der Waals surface area (Å²) in [7, 11) is 0. The van der Waals surface area contributed by atoms with E-state index in [1.165, 1.54) is 0 Å². The van der Waals surface area contributed by atoms with Crippen LogP contribution in [-0.2, 0) is 38.3 Å². The molecule has 9 atom stereocenters. The number of hydrogen-bond donors (Lipinski definition) is 1. The molecule has 0 aromatic rings. The van der Waals surface area contributed by atoms with E-state index in [0.29, 0.717) is 12.5 Å². The van der Waals surface area contributed by atoms with Gasteiger partial charge in [-0.25, -0.2) is 9.78 Å². The first-order valence-corrected chi connectivity index (χ1v) is 12.6. The number of amides is 1. The lowest BCUT2D eigenvalue weighted by molar-refractivity contribution is -0.576. The molecular weight excluding hydrogens is 430 g/mol. The predicted octanol–water partition coefficient (Wildman–Crippen LogP) is 2.81. The third kappa shape index (κ3) is 4.31. The molecule has 6 fully saturated rings. The van der Waals surface area contributed by atoms with Crippen molar-refractivity contribution in [3.05, 3.63) is 0 Å². The fourth-order valence-electron chi connectivity index (χ4n) is 6.53. The van der Waals surface area contributed by atoms with Crippen molar-refractivity contribution in [1.29, 1.82) is 0 Å². The lowest BCUT2D eigenvalue weighted by Crippen LogP contribution is -2.70. The summed E-state index contributed by atoms with van der Waals surface area (Å²) in [6.07, 6.45) is 4.44. The molecule has 9 heteroatoms. The average molecular weight is 468 g/mol. The molecule has 6 aliphatic rings. The number of hydrogen-bond acceptors (Lipinski definition) is 8. The molecule has 1 amide bonds. The molecule has 0 unspecified atom stereocenters. The number of fused-ring (bicyclic) bond motifs is 2. The molecule has 6 rings (SSSR count). The Morgan fingerprint density at radius 1 is 1.06 bits per heavy atom. The molecule has 1 aliphatic carbocycles. The lowest BCUT2D eigenvalue weighted by atomic mass is 9.58. The monoisotopic (exact) mass is 467 g/mol. The highest BCUT2D eigenvalue weighted by Gasteiger charge is 2.69. The second kappa shape index (κ2) is 9.07. The van der Waals surface area contributed by atoms with Crippen molar-refractivity contribution in [2.24, 2.45) is 23.7 Å². The van der Waals surface area contributed by atoms with Gasteiger partial charge in [0.1, 0.15) is 0 Å². The van der Waals surface area contributed by atoms with E-state index in [-0.39, 0.29) is 42.6 Å². The fraction of sp³-hybridized carbons (Fsp3) is 0.917. The molecule has 5 heterocycles. The SMILES string of the molecule is C[C@H]1[C@H](OC(=O)CCC(=O)NC[C@H]2CCCO2)O[C@@H]2O[C@@]3(C)CC[C@@H]4[C@H](C)CC[C@H]1[C@@]24OO3. The summed E-state index contributed by atoms with van der Waals surface area (Å²) in [4.78, 5) is 36.6. The first kappa shape index (κ1) is 23.5. The topological polar surface area (TPSA) is 102 Å². The molecule has 0 aromatic carbocycles. The Bertz CT molecular complexity index is 757. The lowest BCUT2D eigenvalue weighted by Gasteiger charge is -2.59. The van der Waals surface area contributed by atoms with Crippen LogP contribution in [0, 0.1) is 23.7 Å². The summed E-state index contributed by atoms with van der Waals surface area (Å²) >= 11 is 0. The zero-order valence-corrected chi connectivity index (χ0v) is 19.9. The summed E-state index contributed by atoms with van der Waals surface area (Å²) in [5, 5.41) is 2.84. The minimum absolute atomic E-state index is 0.00224. The quantitative estimate of drug-likeness (QED) is 0.470. The summed E-state index contributed by atoms with van der Waals surface area (Å²) in [6, 6.07) is 0. The highest BCUT2D eigenvalue weighted by molar-refractivity contribution is 5.81. The molecule has 0 radical (unpaired) electrons. The second-order valence-electron chi connectivity index (χ2n) is 10.7. The van der Waals surface area contributed by atoms with E-state index in [0.717, 1.165) is 45.1 Å². The summed E-state index contributed by atoms with van der Waals surface area (Å²) < 4.78 is 23.8. The van der Waals surface area contributed by atoms with Crippen LogP contribution < -0.4 is 5.32 Å². The van der Waals surface area contributed by atoms with Gasteiger partial charge in [-0.15, -0.1) is 0 Å². The van der Waals surface area contributed by atoms with E-state index in [9.17, 15) is 9.59 Å². The second-order valence-corrected chi connectivity index (χ2v) is 10.7.